The Morgan fingerprint density at radius 2 is 1.94 bits per heavy atom. The molecular formula is C25H33N5OS. The van der Waals surface area contributed by atoms with Crippen molar-refractivity contribution >= 4 is 28.2 Å². The van der Waals surface area contributed by atoms with Gasteiger partial charge in [-0.2, -0.15) is 5.10 Å². The van der Waals surface area contributed by atoms with E-state index in [4.69, 9.17) is 4.74 Å². The lowest BCUT2D eigenvalue weighted by Gasteiger charge is -2.24. The van der Waals surface area contributed by atoms with E-state index in [1.54, 1.807) is 23.7 Å². The standard InChI is InChI=1S/C25H33N5OS/c1-4-14-30(15-5-2)22-17-21(19-27-29-25-11-10-23(6-3)32-25)28-24(18-22)31-16-12-20-9-7-8-13-26-20/h7-11,13,17-19,29H,4-6,12,14-16H2,1-3H3/b27-19+. The second-order valence-corrected chi connectivity index (χ2v) is 8.65. The summed E-state index contributed by atoms with van der Waals surface area (Å²) in [5.41, 5.74) is 6.01. The number of nitrogens with zero attached hydrogens (tertiary/aromatic N) is 4. The van der Waals surface area contributed by atoms with Crippen LogP contribution in [0.3, 0.4) is 0 Å². The molecule has 3 rings (SSSR count). The first-order valence-corrected chi connectivity index (χ1v) is 12.2. The van der Waals surface area contributed by atoms with Crippen LogP contribution in [0, 0.1) is 0 Å². The molecule has 0 saturated carbocycles. The number of ether oxygens (including phenoxy) is 1. The van der Waals surface area contributed by atoms with Crippen LogP contribution in [0.2, 0.25) is 0 Å². The number of aromatic nitrogens is 2. The van der Waals surface area contributed by atoms with E-state index in [1.807, 2.05) is 24.3 Å². The van der Waals surface area contributed by atoms with Gasteiger partial charge in [0.25, 0.3) is 0 Å². The van der Waals surface area contributed by atoms with Crippen molar-refractivity contribution in [2.75, 3.05) is 30.0 Å². The monoisotopic (exact) mass is 451 g/mol. The Hall–Kier alpha value is -2.93. The lowest BCUT2D eigenvalue weighted by molar-refractivity contribution is 0.308. The lowest BCUT2D eigenvalue weighted by atomic mass is 10.2. The number of anilines is 2. The van der Waals surface area contributed by atoms with Crippen LogP contribution in [0.25, 0.3) is 0 Å². The summed E-state index contributed by atoms with van der Waals surface area (Å²) in [7, 11) is 0. The van der Waals surface area contributed by atoms with E-state index in [0.29, 0.717) is 12.5 Å². The molecule has 1 N–H and O–H groups in total. The van der Waals surface area contributed by atoms with Gasteiger partial charge in [0.1, 0.15) is 5.00 Å². The van der Waals surface area contributed by atoms with E-state index < -0.39 is 0 Å². The second kappa shape index (κ2) is 12.8. The summed E-state index contributed by atoms with van der Waals surface area (Å²) in [6.45, 7) is 9.07. The topological polar surface area (TPSA) is 62.6 Å². The number of hydrogen-bond donors (Lipinski definition) is 1. The van der Waals surface area contributed by atoms with Crippen LogP contribution in [0.5, 0.6) is 5.88 Å². The maximum absolute atomic E-state index is 6.02. The van der Waals surface area contributed by atoms with Gasteiger partial charge >= 0.3 is 0 Å². The molecule has 0 amide bonds. The van der Waals surface area contributed by atoms with Crippen LogP contribution < -0.4 is 15.1 Å². The van der Waals surface area contributed by atoms with E-state index in [1.165, 1.54) is 4.88 Å². The van der Waals surface area contributed by atoms with Gasteiger partial charge in [-0.05, 0) is 49.6 Å². The molecule has 0 aliphatic rings. The summed E-state index contributed by atoms with van der Waals surface area (Å²) >= 11 is 1.72. The van der Waals surface area contributed by atoms with Crippen molar-refractivity contribution in [3.63, 3.8) is 0 Å². The number of hydrazone groups is 1. The quantitative estimate of drug-likeness (QED) is 0.263. The van der Waals surface area contributed by atoms with Gasteiger partial charge in [-0.15, -0.1) is 11.3 Å². The van der Waals surface area contributed by atoms with E-state index in [0.717, 1.165) is 60.8 Å². The van der Waals surface area contributed by atoms with Crippen LogP contribution in [0.15, 0.2) is 53.8 Å². The number of pyridine rings is 2. The molecule has 0 radical (unpaired) electrons. The summed E-state index contributed by atoms with van der Waals surface area (Å²) in [5, 5.41) is 5.44. The van der Waals surface area contributed by atoms with Crippen LogP contribution in [0.4, 0.5) is 10.7 Å². The zero-order valence-corrected chi connectivity index (χ0v) is 20.1. The molecule has 3 heterocycles. The maximum Gasteiger partial charge on any atom is 0.215 e. The average Bonchev–Trinajstić information content (AvgIpc) is 3.28. The molecular weight excluding hydrogens is 418 g/mol. The highest BCUT2D eigenvalue weighted by Gasteiger charge is 2.10. The molecule has 3 aromatic rings. The van der Waals surface area contributed by atoms with Crippen molar-refractivity contribution in [2.24, 2.45) is 5.10 Å². The number of aryl methyl sites for hydroxylation is 1. The second-order valence-electron chi connectivity index (χ2n) is 7.48. The summed E-state index contributed by atoms with van der Waals surface area (Å²) < 4.78 is 6.02. The van der Waals surface area contributed by atoms with Gasteiger partial charge in [0.15, 0.2) is 0 Å². The predicted octanol–water partition coefficient (Wildman–Crippen LogP) is 5.79. The van der Waals surface area contributed by atoms with Crippen LogP contribution >= 0.6 is 11.3 Å². The summed E-state index contributed by atoms with van der Waals surface area (Å²) in [4.78, 5) is 12.7. The minimum atomic E-state index is 0.527. The van der Waals surface area contributed by atoms with Crippen molar-refractivity contribution in [1.82, 2.24) is 9.97 Å². The molecule has 0 atom stereocenters. The largest absolute Gasteiger partial charge is 0.477 e. The molecule has 0 aliphatic carbocycles. The molecule has 0 fully saturated rings. The summed E-state index contributed by atoms with van der Waals surface area (Å²) in [6.07, 6.45) is 7.51. The Kier molecular flexibility index (Phi) is 9.50. The molecule has 3 aromatic heterocycles. The minimum absolute atomic E-state index is 0.527. The molecule has 0 aromatic carbocycles. The van der Waals surface area contributed by atoms with Gasteiger partial charge in [-0.1, -0.05) is 26.8 Å². The number of hydrogen-bond acceptors (Lipinski definition) is 7. The smallest absolute Gasteiger partial charge is 0.215 e. The van der Waals surface area contributed by atoms with E-state index in [9.17, 15) is 0 Å². The first-order chi connectivity index (χ1) is 15.7. The van der Waals surface area contributed by atoms with Crippen molar-refractivity contribution in [2.45, 2.75) is 46.5 Å². The van der Waals surface area contributed by atoms with Gasteiger partial charge < -0.3 is 9.64 Å². The SMILES string of the molecule is CCCN(CCC)c1cc(/C=N/Nc2ccc(CC)s2)nc(OCCc2ccccn2)c1. The molecule has 32 heavy (non-hydrogen) atoms. The Balaban J connectivity index is 1.74. The maximum atomic E-state index is 6.02. The van der Waals surface area contributed by atoms with Crippen LogP contribution in [-0.4, -0.2) is 35.9 Å². The molecule has 6 nitrogen and oxygen atoms in total. The van der Waals surface area contributed by atoms with Gasteiger partial charge in [-0.25, -0.2) is 4.98 Å². The summed E-state index contributed by atoms with van der Waals surface area (Å²) in [5.74, 6) is 0.612. The van der Waals surface area contributed by atoms with Crippen LogP contribution in [0.1, 0.15) is 49.9 Å². The zero-order chi connectivity index (χ0) is 22.6. The molecule has 170 valence electrons. The molecule has 0 saturated heterocycles. The molecule has 7 heteroatoms. The highest BCUT2D eigenvalue weighted by Crippen LogP contribution is 2.23. The van der Waals surface area contributed by atoms with Gasteiger partial charge in [0.05, 0.1) is 18.5 Å². The van der Waals surface area contributed by atoms with Crippen molar-refractivity contribution in [3.05, 3.63) is 64.9 Å². The van der Waals surface area contributed by atoms with E-state index >= 15 is 0 Å². The molecule has 0 spiro atoms. The zero-order valence-electron chi connectivity index (χ0n) is 19.3. The molecule has 0 aliphatic heterocycles. The first kappa shape index (κ1) is 23.7. The van der Waals surface area contributed by atoms with Crippen molar-refractivity contribution in [3.8, 4) is 5.88 Å². The van der Waals surface area contributed by atoms with Crippen molar-refractivity contribution in [1.29, 1.82) is 0 Å². The Morgan fingerprint density at radius 1 is 1.09 bits per heavy atom. The number of nitrogens with one attached hydrogen (secondary N) is 1. The fourth-order valence-electron chi connectivity index (χ4n) is 3.34. The van der Waals surface area contributed by atoms with E-state index in [-0.39, 0.29) is 0 Å². The third kappa shape index (κ3) is 7.34. The number of thiophene rings is 1. The molecule has 0 bridgehead atoms. The summed E-state index contributed by atoms with van der Waals surface area (Å²) in [6, 6.07) is 14.2. The Bertz CT molecular complexity index is 967. The Labute approximate surface area is 195 Å². The predicted molar refractivity (Wildman–Crippen MR) is 135 cm³/mol. The fourth-order valence-corrected chi connectivity index (χ4v) is 4.14. The van der Waals surface area contributed by atoms with Crippen LogP contribution in [-0.2, 0) is 12.8 Å². The highest BCUT2D eigenvalue weighted by atomic mass is 32.1. The van der Waals surface area contributed by atoms with Crippen molar-refractivity contribution < 1.29 is 4.74 Å². The van der Waals surface area contributed by atoms with Gasteiger partial charge in [0.2, 0.25) is 5.88 Å². The third-order valence-corrected chi connectivity index (χ3v) is 6.01. The molecule has 0 unspecified atom stereocenters. The Morgan fingerprint density at radius 3 is 2.62 bits per heavy atom. The highest BCUT2D eigenvalue weighted by molar-refractivity contribution is 7.16. The van der Waals surface area contributed by atoms with Gasteiger partial charge in [0, 0.05) is 48.0 Å². The normalized spacial score (nSPS) is 11.1. The fraction of sp³-hybridized carbons (Fsp3) is 0.400. The lowest BCUT2D eigenvalue weighted by Crippen LogP contribution is -2.25. The third-order valence-electron chi connectivity index (χ3n) is 4.87. The first-order valence-electron chi connectivity index (χ1n) is 11.4. The van der Waals surface area contributed by atoms with E-state index in [2.05, 4.69) is 64.4 Å². The number of rotatable bonds is 13. The van der Waals surface area contributed by atoms with Gasteiger partial charge in [-0.3, -0.25) is 10.4 Å². The minimum Gasteiger partial charge on any atom is -0.477 e. The average molecular weight is 452 g/mol.